The molecule has 0 bridgehead atoms. The maximum absolute atomic E-state index is 11.8. The second-order valence-corrected chi connectivity index (χ2v) is 3.89. The summed E-state index contributed by atoms with van der Waals surface area (Å²) < 4.78 is 1.68. The van der Waals surface area contributed by atoms with Crippen LogP contribution in [0.5, 0.6) is 0 Å². The van der Waals surface area contributed by atoms with Crippen LogP contribution in [0.15, 0.2) is 12.3 Å². The van der Waals surface area contributed by atoms with Crippen LogP contribution in [0.4, 0.5) is 5.82 Å². The zero-order valence-corrected chi connectivity index (χ0v) is 8.86. The summed E-state index contributed by atoms with van der Waals surface area (Å²) in [7, 11) is 1.83. The van der Waals surface area contributed by atoms with E-state index in [0.717, 1.165) is 25.9 Å². The van der Waals surface area contributed by atoms with Gasteiger partial charge in [-0.2, -0.15) is 5.10 Å². The molecule has 2 rings (SSSR count). The molecule has 5 nitrogen and oxygen atoms in total. The number of piperidine rings is 1. The molecule has 1 amide bonds. The van der Waals surface area contributed by atoms with Gasteiger partial charge in [0.15, 0.2) is 5.82 Å². The van der Waals surface area contributed by atoms with E-state index < -0.39 is 0 Å². The topological polar surface area (TPSA) is 59.0 Å². The van der Waals surface area contributed by atoms with Crippen molar-refractivity contribution in [3.8, 4) is 0 Å². The number of rotatable bonds is 2. The Morgan fingerprint density at radius 2 is 2.33 bits per heavy atom. The van der Waals surface area contributed by atoms with Crippen molar-refractivity contribution in [1.82, 2.24) is 15.1 Å². The molecule has 15 heavy (non-hydrogen) atoms. The van der Waals surface area contributed by atoms with Gasteiger partial charge in [-0.15, -0.1) is 0 Å². The van der Waals surface area contributed by atoms with Gasteiger partial charge in [0.2, 0.25) is 5.91 Å². The predicted octanol–water partition coefficient (Wildman–Crippen LogP) is 0.358. The number of aryl methyl sites for hydroxylation is 1. The third kappa shape index (κ3) is 2.56. The lowest BCUT2D eigenvalue weighted by atomic mass is 9.97. The molecule has 1 aromatic heterocycles. The van der Waals surface area contributed by atoms with Gasteiger partial charge in [0.05, 0.1) is 0 Å². The molecule has 82 valence electrons. The van der Waals surface area contributed by atoms with Crippen LogP contribution in [0, 0.1) is 5.92 Å². The van der Waals surface area contributed by atoms with E-state index in [2.05, 4.69) is 15.7 Å². The minimum absolute atomic E-state index is 0.0928. The van der Waals surface area contributed by atoms with Crippen molar-refractivity contribution in [2.75, 3.05) is 18.4 Å². The van der Waals surface area contributed by atoms with Gasteiger partial charge in [-0.25, -0.2) is 0 Å². The Kier molecular flexibility index (Phi) is 3.01. The lowest BCUT2D eigenvalue weighted by Crippen LogP contribution is -2.34. The van der Waals surface area contributed by atoms with Gasteiger partial charge in [0, 0.05) is 25.2 Å². The van der Waals surface area contributed by atoms with Crippen LogP contribution in [0.2, 0.25) is 0 Å². The Hall–Kier alpha value is -1.36. The fourth-order valence-electron chi connectivity index (χ4n) is 1.79. The molecule has 0 spiro atoms. The van der Waals surface area contributed by atoms with Crippen molar-refractivity contribution in [1.29, 1.82) is 0 Å². The fourth-order valence-corrected chi connectivity index (χ4v) is 1.79. The van der Waals surface area contributed by atoms with E-state index in [1.54, 1.807) is 10.7 Å². The summed E-state index contributed by atoms with van der Waals surface area (Å²) in [4.78, 5) is 11.8. The van der Waals surface area contributed by atoms with E-state index >= 15 is 0 Å². The van der Waals surface area contributed by atoms with Crippen LogP contribution in [0.1, 0.15) is 12.8 Å². The van der Waals surface area contributed by atoms with Gasteiger partial charge >= 0.3 is 0 Å². The maximum atomic E-state index is 11.8. The number of hydrogen-bond acceptors (Lipinski definition) is 3. The molecule has 2 heterocycles. The van der Waals surface area contributed by atoms with Gasteiger partial charge in [0.25, 0.3) is 0 Å². The van der Waals surface area contributed by atoms with Crippen LogP contribution in [-0.4, -0.2) is 28.8 Å². The molecule has 1 fully saturated rings. The summed E-state index contributed by atoms with van der Waals surface area (Å²) >= 11 is 0. The first-order chi connectivity index (χ1) is 7.25. The average molecular weight is 208 g/mol. The monoisotopic (exact) mass is 208 g/mol. The minimum atomic E-state index is 0.0928. The molecule has 0 radical (unpaired) electrons. The summed E-state index contributed by atoms with van der Waals surface area (Å²) in [6, 6.07) is 1.80. The van der Waals surface area contributed by atoms with Gasteiger partial charge in [-0.05, 0) is 25.9 Å². The predicted molar refractivity (Wildman–Crippen MR) is 57.4 cm³/mol. The SMILES string of the molecule is Cn1ccc(NC(=O)C2CCNCC2)n1. The molecule has 1 saturated heterocycles. The smallest absolute Gasteiger partial charge is 0.228 e. The first-order valence-corrected chi connectivity index (χ1v) is 5.27. The Morgan fingerprint density at radius 3 is 2.93 bits per heavy atom. The summed E-state index contributed by atoms with van der Waals surface area (Å²) in [5, 5.41) is 10.2. The first kappa shape index (κ1) is 10.2. The maximum Gasteiger partial charge on any atom is 0.228 e. The number of nitrogens with one attached hydrogen (secondary N) is 2. The largest absolute Gasteiger partial charge is 0.317 e. The second kappa shape index (κ2) is 4.44. The van der Waals surface area contributed by atoms with E-state index in [9.17, 15) is 4.79 Å². The van der Waals surface area contributed by atoms with Gasteiger partial charge < -0.3 is 10.6 Å². The van der Waals surface area contributed by atoms with E-state index in [1.165, 1.54) is 0 Å². The number of nitrogens with zero attached hydrogens (tertiary/aromatic N) is 2. The normalized spacial score (nSPS) is 17.7. The molecule has 2 N–H and O–H groups in total. The average Bonchev–Trinajstić information content (AvgIpc) is 2.65. The number of hydrogen-bond donors (Lipinski definition) is 2. The number of amides is 1. The van der Waals surface area contributed by atoms with Crippen LogP contribution in [0.25, 0.3) is 0 Å². The second-order valence-electron chi connectivity index (χ2n) is 3.89. The molecular formula is C10H16N4O. The molecule has 1 aliphatic rings. The zero-order valence-electron chi connectivity index (χ0n) is 8.86. The summed E-state index contributed by atoms with van der Waals surface area (Å²) in [5.74, 6) is 0.865. The molecule has 0 aliphatic carbocycles. The molecule has 0 unspecified atom stereocenters. The Morgan fingerprint density at radius 1 is 1.60 bits per heavy atom. The summed E-state index contributed by atoms with van der Waals surface area (Å²) in [6.07, 6.45) is 3.65. The molecular weight excluding hydrogens is 192 g/mol. The number of carbonyl (C=O) groups excluding carboxylic acids is 1. The van der Waals surface area contributed by atoms with Crippen molar-refractivity contribution >= 4 is 11.7 Å². The van der Waals surface area contributed by atoms with Gasteiger partial charge in [0.1, 0.15) is 0 Å². The quantitative estimate of drug-likeness (QED) is 0.737. The van der Waals surface area contributed by atoms with Crippen molar-refractivity contribution in [2.45, 2.75) is 12.8 Å². The van der Waals surface area contributed by atoms with Crippen LogP contribution < -0.4 is 10.6 Å². The van der Waals surface area contributed by atoms with E-state index in [4.69, 9.17) is 0 Å². The van der Waals surface area contributed by atoms with E-state index in [0.29, 0.717) is 5.82 Å². The minimum Gasteiger partial charge on any atom is -0.317 e. The third-order valence-electron chi connectivity index (χ3n) is 2.67. The molecule has 0 saturated carbocycles. The van der Waals surface area contributed by atoms with Gasteiger partial charge in [-0.1, -0.05) is 0 Å². The summed E-state index contributed by atoms with van der Waals surface area (Å²) in [6.45, 7) is 1.86. The Balaban J connectivity index is 1.91. The lowest BCUT2D eigenvalue weighted by Gasteiger charge is -2.21. The number of carbonyl (C=O) groups is 1. The standard InChI is InChI=1S/C10H16N4O/c1-14-7-4-9(13-14)12-10(15)8-2-5-11-6-3-8/h4,7-8,11H,2-3,5-6H2,1H3,(H,12,13,15). The highest BCUT2D eigenvalue weighted by Crippen LogP contribution is 2.14. The number of anilines is 1. The molecule has 5 heteroatoms. The van der Waals surface area contributed by atoms with Crippen molar-refractivity contribution < 1.29 is 4.79 Å². The first-order valence-electron chi connectivity index (χ1n) is 5.27. The molecule has 0 atom stereocenters. The highest BCUT2D eigenvalue weighted by atomic mass is 16.2. The molecule has 1 aliphatic heterocycles. The Labute approximate surface area is 88.8 Å². The summed E-state index contributed by atoms with van der Waals surface area (Å²) in [5.41, 5.74) is 0. The van der Waals surface area contributed by atoms with Crippen LogP contribution >= 0.6 is 0 Å². The van der Waals surface area contributed by atoms with Crippen molar-refractivity contribution in [3.05, 3.63) is 12.3 Å². The van der Waals surface area contributed by atoms with E-state index in [1.807, 2.05) is 13.2 Å². The molecule has 1 aromatic rings. The highest BCUT2D eigenvalue weighted by molar-refractivity contribution is 5.91. The van der Waals surface area contributed by atoms with E-state index in [-0.39, 0.29) is 11.8 Å². The van der Waals surface area contributed by atoms with Crippen LogP contribution in [0.3, 0.4) is 0 Å². The molecule has 0 aromatic carbocycles. The Bertz CT molecular complexity index is 341. The number of aromatic nitrogens is 2. The lowest BCUT2D eigenvalue weighted by molar-refractivity contribution is -0.120. The zero-order chi connectivity index (χ0) is 10.7. The van der Waals surface area contributed by atoms with Crippen molar-refractivity contribution in [2.24, 2.45) is 13.0 Å². The fraction of sp³-hybridized carbons (Fsp3) is 0.600. The van der Waals surface area contributed by atoms with Crippen LogP contribution in [-0.2, 0) is 11.8 Å². The third-order valence-corrected chi connectivity index (χ3v) is 2.67. The van der Waals surface area contributed by atoms with Crippen molar-refractivity contribution in [3.63, 3.8) is 0 Å². The van der Waals surface area contributed by atoms with Gasteiger partial charge in [-0.3, -0.25) is 9.48 Å². The highest BCUT2D eigenvalue weighted by Gasteiger charge is 2.21.